The van der Waals surface area contributed by atoms with E-state index in [9.17, 15) is 0 Å². The van der Waals surface area contributed by atoms with Gasteiger partial charge in [-0.05, 0) is 36.8 Å². The fourth-order valence-electron chi connectivity index (χ4n) is 2.69. The van der Waals surface area contributed by atoms with Crippen molar-refractivity contribution in [3.8, 4) is 34.4 Å². The maximum Gasteiger partial charge on any atom is 0.263 e. The lowest BCUT2D eigenvalue weighted by Gasteiger charge is -2.22. The van der Waals surface area contributed by atoms with Gasteiger partial charge in [-0.2, -0.15) is 0 Å². The topological polar surface area (TPSA) is 35.2 Å². The molecule has 4 nitrogen and oxygen atoms in total. The maximum absolute atomic E-state index is 6.05. The summed E-state index contributed by atoms with van der Waals surface area (Å²) >= 11 is 0. The van der Waals surface area contributed by atoms with Crippen molar-refractivity contribution in [1.82, 2.24) is 4.98 Å². The molecule has 108 valence electrons. The lowest BCUT2D eigenvalue weighted by molar-refractivity contribution is -0.660. The molecule has 3 aromatic rings. The van der Waals surface area contributed by atoms with Gasteiger partial charge in [0.2, 0.25) is 5.69 Å². The number of hydrogen-bond donors (Lipinski definition) is 0. The first kappa shape index (κ1) is 12.8. The summed E-state index contributed by atoms with van der Waals surface area (Å²) in [4.78, 5) is 4.25. The Bertz CT molecular complexity index is 875. The second-order valence-corrected chi connectivity index (χ2v) is 5.29. The van der Waals surface area contributed by atoms with Crippen LogP contribution >= 0.6 is 0 Å². The zero-order chi connectivity index (χ0) is 15.1. The lowest BCUT2D eigenvalue weighted by Crippen LogP contribution is -2.30. The standard InChI is InChI=1S/C18H15N2O2/c1-12-8-9-14-17(16(12)13-6-3-4-11-20(13)2)22-18-15(21-14)7-5-10-19-18/h3-11H,1-2H3/q+1. The van der Waals surface area contributed by atoms with E-state index in [4.69, 9.17) is 9.47 Å². The first-order valence-corrected chi connectivity index (χ1v) is 7.13. The Labute approximate surface area is 128 Å². The third kappa shape index (κ3) is 1.92. The number of benzene rings is 1. The average molecular weight is 291 g/mol. The molecule has 2 aromatic heterocycles. The summed E-state index contributed by atoms with van der Waals surface area (Å²) in [7, 11) is 2.02. The summed E-state index contributed by atoms with van der Waals surface area (Å²) in [5, 5.41) is 0. The first-order chi connectivity index (χ1) is 10.7. The molecule has 0 saturated heterocycles. The van der Waals surface area contributed by atoms with E-state index >= 15 is 0 Å². The predicted octanol–water partition coefficient (Wildman–Crippen LogP) is 3.78. The normalized spacial score (nSPS) is 11.9. The lowest BCUT2D eigenvalue weighted by atomic mass is 10.0. The number of fused-ring (bicyclic) bond motifs is 2. The van der Waals surface area contributed by atoms with E-state index in [2.05, 4.69) is 22.5 Å². The van der Waals surface area contributed by atoms with Gasteiger partial charge in [-0.1, -0.05) is 6.07 Å². The highest BCUT2D eigenvalue weighted by atomic mass is 16.6. The molecule has 4 rings (SSSR count). The highest BCUT2D eigenvalue weighted by molar-refractivity contribution is 5.75. The van der Waals surface area contributed by atoms with E-state index in [0.29, 0.717) is 23.1 Å². The van der Waals surface area contributed by atoms with Gasteiger partial charge in [0.05, 0.1) is 5.56 Å². The molecule has 0 spiro atoms. The van der Waals surface area contributed by atoms with Crippen LogP contribution in [0.4, 0.5) is 0 Å². The molecule has 0 radical (unpaired) electrons. The fraction of sp³-hybridized carbons (Fsp3) is 0.111. The van der Waals surface area contributed by atoms with Crippen molar-refractivity contribution in [3.05, 3.63) is 60.4 Å². The Balaban J connectivity index is 1.94. The molecule has 0 fully saturated rings. The number of pyridine rings is 2. The monoisotopic (exact) mass is 291 g/mol. The largest absolute Gasteiger partial charge is 0.448 e. The molecule has 1 aliphatic rings. The fourth-order valence-corrected chi connectivity index (χ4v) is 2.69. The van der Waals surface area contributed by atoms with Gasteiger partial charge in [0.15, 0.2) is 23.4 Å². The minimum atomic E-state index is 0.500. The van der Waals surface area contributed by atoms with Gasteiger partial charge in [-0.15, -0.1) is 0 Å². The predicted molar refractivity (Wildman–Crippen MR) is 82.2 cm³/mol. The van der Waals surface area contributed by atoms with Crippen molar-refractivity contribution in [1.29, 1.82) is 0 Å². The maximum atomic E-state index is 6.05. The van der Waals surface area contributed by atoms with Crippen LogP contribution in [-0.4, -0.2) is 4.98 Å². The minimum absolute atomic E-state index is 0.500. The number of nitrogens with zero attached hydrogens (tertiary/aromatic N) is 2. The second kappa shape index (κ2) is 4.84. The molecule has 4 heteroatoms. The molecular formula is C18H15N2O2+. The molecule has 0 unspecified atom stereocenters. The van der Waals surface area contributed by atoms with Crippen LogP contribution in [-0.2, 0) is 7.05 Å². The van der Waals surface area contributed by atoms with Crippen molar-refractivity contribution >= 4 is 0 Å². The van der Waals surface area contributed by atoms with Crippen LogP contribution in [0, 0.1) is 6.92 Å². The molecule has 0 bridgehead atoms. The summed E-state index contributed by atoms with van der Waals surface area (Å²) in [5.41, 5.74) is 3.22. The molecule has 3 heterocycles. The summed E-state index contributed by atoms with van der Waals surface area (Å²) in [6, 6.07) is 13.8. The molecule has 0 saturated carbocycles. The summed E-state index contributed by atoms with van der Waals surface area (Å²) in [6.45, 7) is 2.07. The minimum Gasteiger partial charge on any atom is -0.448 e. The molecular weight excluding hydrogens is 276 g/mol. The highest BCUT2D eigenvalue weighted by Crippen LogP contribution is 2.49. The Morgan fingerprint density at radius 3 is 2.73 bits per heavy atom. The molecule has 1 aliphatic heterocycles. The highest BCUT2D eigenvalue weighted by Gasteiger charge is 2.27. The quantitative estimate of drug-likeness (QED) is 0.501. The van der Waals surface area contributed by atoms with Gasteiger partial charge < -0.3 is 9.47 Å². The Morgan fingerprint density at radius 2 is 1.86 bits per heavy atom. The van der Waals surface area contributed by atoms with Gasteiger partial charge in [-0.25, -0.2) is 9.55 Å². The molecule has 1 aromatic carbocycles. The van der Waals surface area contributed by atoms with Crippen LogP contribution in [0.2, 0.25) is 0 Å². The van der Waals surface area contributed by atoms with E-state index in [1.165, 1.54) is 0 Å². The van der Waals surface area contributed by atoms with E-state index in [-0.39, 0.29) is 0 Å². The van der Waals surface area contributed by atoms with Gasteiger partial charge in [0.25, 0.3) is 5.88 Å². The van der Waals surface area contributed by atoms with Gasteiger partial charge >= 0.3 is 0 Å². The zero-order valence-corrected chi connectivity index (χ0v) is 12.4. The van der Waals surface area contributed by atoms with Crippen LogP contribution in [0.5, 0.6) is 23.1 Å². The smallest absolute Gasteiger partial charge is 0.263 e. The molecule has 0 N–H and O–H groups in total. The van der Waals surface area contributed by atoms with Crippen molar-refractivity contribution in [2.24, 2.45) is 7.05 Å². The van der Waals surface area contributed by atoms with Crippen molar-refractivity contribution in [2.45, 2.75) is 6.92 Å². The van der Waals surface area contributed by atoms with Crippen molar-refractivity contribution in [3.63, 3.8) is 0 Å². The van der Waals surface area contributed by atoms with E-state index in [0.717, 1.165) is 16.8 Å². The van der Waals surface area contributed by atoms with Gasteiger partial charge in [-0.3, -0.25) is 0 Å². The molecule has 0 amide bonds. The Kier molecular flexibility index (Phi) is 2.82. The molecule has 0 atom stereocenters. The van der Waals surface area contributed by atoms with Crippen molar-refractivity contribution < 1.29 is 14.0 Å². The number of hydrogen-bond acceptors (Lipinski definition) is 3. The SMILES string of the molecule is Cc1ccc2c(c1-c1cccc[n+]1C)Oc1ncccc1O2. The van der Waals surface area contributed by atoms with Gasteiger partial charge in [0.1, 0.15) is 7.05 Å². The number of rotatable bonds is 1. The Morgan fingerprint density at radius 1 is 0.955 bits per heavy atom. The summed E-state index contributed by atoms with van der Waals surface area (Å²) in [5.74, 6) is 2.57. The second-order valence-electron chi connectivity index (χ2n) is 5.29. The Hall–Kier alpha value is -2.88. The van der Waals surface area contributed by atoms with Crippen molar-refractivity contribution in [2.75, 3.05) is 0 Å². The van der Waals surface area contributed by atoms with Crippen LogP contribution in [0.3, 0.4) is 0 Å². The van der Waals surface area contributed by atoms with Crippen LogP contribution in [0.25, 0.3) is 11.3 Å². The number of ether oxygens (including phenoxy) is 2. The van der Waals surface area contributed by atoms with E-state index in [1.807, 2.05) is 49.6 Å². The molecule has 0 aliphatic carbocycles. The van der Waals surface area contributed by atoms with Crippen LogP contribution in [0.15, 0.2) is 54.9 Å². The zero-order valence-electron chi connectivity index (χ0n) is 12.4. The third-order valence-electron chi connectivity index (χ3n) is 3.80. The third-order valence-corrected chi connectivity index (χ3v) is 3.80. The van der Waals surface area contributed by atoms with E-state index < -0.39 is 0 Å². The number of aromatic nitrogens is 2. The van der Waals surface area contributed by atoms with Crippen LogP contribution < -0.4 is 14.0 Å². The molecule has 22 heavy (non-hydrogen) atoms. The van der Waals surface area contributed by atoms with E-state index in [1.54, 1.807) is 6.20 Å². The summed E-state index contributed by atoms with van der Waals surface area (Å²) < 4.78 is 14.1. The van der Waals surface area contributed by atoms with Gasteiger partial charge in [0, 0.05) is 18.3 Å². The first-order valence-electron chi connectivity index (χ1n) is 7.13. The number of aryl methyl sites for hydroxylation is 2. The summed E-state index contributed by atoms with van der Waals surface area (Å²) in [6.07, 6.45) is 3.72. The van der Waals surface area contributed by atoms with Crippen LogP contribution in [0.1, 0.15) is 5.56 Å². The average Bonchev–Trinajstić information content (AvgIpc) is 2.54.